The quantitative estimate of drug-likeness (QED) is 0.535. The van der Waals surface area contributed by atoms with Gasteiger partial charge in [-0.3, -0.25) is 0 Å². The first-order valence-corrected chi connectivity index (χ1v) is 3.33. The molecule has 0 aromatic rings. The van der Waals surface area contributed by atoms with Gasteiger partial charge >= 0.3 is 0 Å². The fourth-order valence-corrected chi connectivity index (χ4v) is 1.00. The highest BCUT2D eigenvalue weighted by atomic mass is 14.7. The van der Waals surface area contributed by atoms with Crippen LogP contribution in [0.2, 0.25) is 0 Å². The second kappa shape index (κ2) is 2.72. The molecule has 1 rings (SSSR count). The van der Waals surface area contributed by atoms with Gasteiger partial charge < -0.3 is 5.73 Å². The van der Waals surface area contributed by atoms with Gasteiger partial charge in [-0.1, -0.05) is 24.3 Å². The van der Waals surface area contributed by atoms with Crippen molar-refractivity contribution in [1.82, 2.24) is 0 Å². The van der Waals surface area contributed by atoms with E-state index in [0.717, 1.165) is 6.42 Å². The van der Waals surface area contributed by atoms with Crippen LogP contribution in [0.1, 0.15) is 12.8 Å². The third kappa shape index (κ3) is 1.49. The van der Waals surface area contributed by atoms with Crippen molar-refractivity contribution >= 4 is 0 Å². The van der Waals surface area contributed by atoms with Gasteiger partial charge in [0.2, 0.25) is 0 Å². The zero-order valence-electron chi connectivity index (χ0n) is 5.88. The second-order valence-corrected chi connectivity index (χ2v) is 2.61. The van der Waals surface area contributed by atoms with Crippen molar-refractivity contribution in [2.75, 3.05) is 0 Å². The first kappa shape index (κ1) is 7.11. The van der Waals surface area contributed by atoms with Gasteiger partial charge in [0, 0.05) is 12.0 Å². The Morgan fingerprint density at radius 2 is 2.40 bits per heavy atom. The van der Waals surface area contributed by atoms with E-state index >= 15 is 0 Å². The summed E-state index contributed by atoms with van der Waals surface area (Å²) in [4.78, 5) is 0. The van der Waals surface area contributed by atoms with Gasteiger partial charge in [-0.25, -0.2) is 0 Å². The third-order valence-corrected chi connectivity index (χ3v) is 1.60. The number of rotatable bonds is 1. The Hall–Kier alpha value is -1.00. The van der Waals surface area contributed by atoms with E-state index in [-0.39, 0.29) is 5.54 Å². The van der Waals surface area contributed by atoms with E-state index in [1.807, 2.05) is 24.3 Å². The summed E-state index contributed by atoms with van der Waals surface area (Å²) in [5.74, 6) is 2.57. The molecular formula is C9H11N. The molecule has 1 heteroatoms. The summed E-state index contributed by atoms with van der Waals surface area (Å²) in [5, 5.41) is 0. The molecule has 1 nitrogen and oxygen atoms in total. The SMILES string of the molecule is C#CCC1(N)C=CC=CC1. The average Bonchev–Trinajstić information content (AvgIpc) is 1.89. The van der Waals surface area contributed by atoms with E-state index in [9.17, 15) is 0 Å². The van der Waals surface area contributed by atoms with Gasteiger partial charge in [0.25, 0.3) is 0 Å². The van der Waals surface area contributed by atoms with E-state index in [1.54, 1.807) is 0 Å². The Morgan fingerprint density at radius 1 is 1.60 bits per heavy atom. The largest absolute Gasteiger partial charge is 0.321 e. The van der Waals surface area contributed by atoms with E-state index < -0.39 is 0 Å². The van der Waals surface area contributed by atoms with Gasteiger partial charge in [-0.05, 0) is 6.42 Å². The monoisotopic (exact) mass is 133 g/mol. The Labute approximate surface area is 61.6 Å². The molecule has 1 atom stereocenters. The molecule has 0 spiro atoms. The maximum atomic E-state index is 5.89. The molecule has 0 aliphatic heterocycles. The fourth-order valence-electron chi connectivity index (χ4n) is 1.00. The molecule has 2 N–H and O–H groups in total. The van der Waals surface area contributed by atoms with Crippen LogP contribution in [0, 0.1) is 12.3 Å². The van der Waals surface area contributed by atoms with Gasteiger partial charge in [0.05, 0.1) is 0 Å². The van der Waals surface area contributed by atoms with Crippen LogP contribution in [0.5, 0.6) is 0 Å². The number of hydrogen-bond donors (Lipinski definition) is 1. The van der Waals surface area contributed by atoms with Gasteiger partial charge in [-0.15, -0.1) is 12.3 Å². The van der Waals surface area contributed by atoms with Crippen LogP contribution in [0.3, 0.4) is 0 Å². The molecule has 0 bridgehead atoms. The first-order valence-electron chi connectivity index (χ1n) is 3.33. The van der Waals surface area contributed by atoms with Crippen LogP contribution in [-0.4, -0.2) is 5.54 Å². The lowest BCUT2D eigenvalue weighted by Crippen LogP contribution is -2.37. The van der Waals surface area contributed by atoms with Gasteiger partial charge in [0.15, 0.2) is 0 Å². The summed E-state index contributed by atoms with van der Waals surface area (Å²) in [6.45, 7) is 0. The minimum atomic E-state index is -0.274. The Kier molecular flexibility index (Phi) is 1.94. The molecule has 0 aromatic heterocycles. The summed E-state index contributed by atoms with van der Waals surface area (Å²) < 4.78 is 0. The minimum absolute atomic E-state index is 0.274. The highest BCUT2D eigenvalue weighted by molar-refractivity contribution is 5.22. The van der Waals surface area contributed by atoms with Crippen LogP contribution >= 0.6 is 0 Å². The molecule has 0 aromatic carbocycles. The summed E-state index contributed by atoms with van der Waals surface area (Å²) in [7, 11) is 0. The molecule has 10 heavy (non-hydrogen) atoms. The van der Waals surface area contributed by atoms with Gasteiger partial charge in [0.1, 0.15) is 0 Å². The van der Waals surface area contributed by atoms with E-state index in [2.05, 4.69) is 5.92 Å². The summed E-state index contributed by atoms with van der Waals surface area (Å²) in [5.41, 5.74) is 5.61. The third-order valence-electron chi connectivity index (χ3n) is 1.60. The van der Waals surface area contributed by atoms with Crippen molar-refractivity contribution in [2.24, 2.45) is 5.73 Å². The maximum absolute atomic E-state index is 5.89. The second-order valence-electron chi connectivity index (χ2n) is 2.61. The Balaban J connectivity index is 2.63. The van der Waals surface area contributed by atoms with Gasteiger partial charge in [-0.2, -0.15) is 0 Å². The minimum Gasteiger partial charge on any atom is -0.321 e. The topological polar surface area (TPSA) is 26.0 Å². The van der Waals surface area contributed by atoms with Crippen molar-refractivity contribution in [3.63, 3.8) is 0 Å². The number of allylic oxidation sites excluding steroid dienone is 2. The molecule has 0 saturated heterocycles. The van der Waals surface area contributed by atoms with Crippen LogP contribution in [0.4, 0.5) is 0 Å². The molecule has 52 valence electrons. The maximum Gasteiger partial charge on any atom is 0.0487 e. The highest BCUT2D eigenvalue weighted by Gasteiger charge is 2.19. The molecule has 0 radical (unpaired) electrons. The molecular weight excluding hydrogens is 122 g/mol. The lowest BCUT2D eigenvalue weighted by molar-refractivity contribution is 0.547. The summed E-state index contributed by atoms with van der Waals surface area (Å²) >= 11 is 0. The molecule has 0 amide bonds. The normalized spacial score (nSPS) is 30.0. The molecule has 0 fully saturated rings. The van der Waals surface area contributed by atoms with Crippen LogP contribution in [0.15, 0.2) is 24.3 Å². The summed E-state index contributed by atoms with van der Waals surface area (Å²) in [6.07, 6.45) is 14.6. The zero-order valence-corrected chi connectivity index (χ0v) is 5.88. The van der Waals surface area contributed by atoms with Crippen molar-refractivity contribution in [1.29, 1.82) is 0 Å². The lowest BCUT2D eigenvalue weighted by atomic mass is 9.89. The summed E-state index contributed by atoms with van der Waals surface area (Å²) in [6, 6.07) is 0. The fraction of sp³-hybridized carbons (Fsp3) is 0.333. The van der Waals surface area contributed by atoms with Crippen molar-refractivity contribution in [2.45, 2.75) is 18.4 Å². The predicted octanol–water partition coefficient (Wildman–Crippen LogP) is 1.22. The van der Waals surface area contributed by atoms with Crippen molar-refractivity contribution in [3.05, 3.63) is 24.3 Å². The van der Waals surface area contributed by atoms with Crippen molar-refractivity contribution in [3.8, 4) is 12.3 Å². The molecule has 0 heterocycles. The predicted molar refractivity (Wildman–Crippen MR) is 43.3 cm³/mol. The van der Waals surface area contributed by atoms with Crippen LogP contribution < -0.4 is 5.73 Å². The molecule has 1 aliphatic rings. The molecule has 0 saturated carbocycles. The lowest BCUT2D eigenvalue weighted by Gasteiger charge is -2.23. The van der Waals surface area contributed by atoms with E-state index in [1.165, 1.54) is 0 Å². The Morgan fingerprint density at radius 3 is 2.90 bits per heavy atom. The molecule has 1 unspecified atom stereocenters. The number of hydrogen-bond acceptors (Lipinski definition) is 1. The van der Waals surface area contributed by atoms with E-state index in [0.29, 0.717) is 6.42 Å². The molecule has 1 aliphatic carbocycles. The highest BCUT2D eigenvalue weighted by Crippen LogP contribution is 2.17. The smallest absolute Gasteiger partial charge is 0.0487 e. The number of nitrogens with two attached hydrogens (primary N) is 1. The number of terminal acetylenes is 1. The first-order chi connectivity index (χ1) is 4.77. The average molecular weight is 133 g/mol. The van der Waals surface area contributed by atoms with Crippen molar-refractivity contribution < 1.29 is 0 Å². The standard InChI is InChI=1S/C9H11N/c1-2-6-9(10)7-4-3-5-8-9/h1,3-5,7H,6,8,10H2. The Bertz CT molecular complexity index is 207. The van der Waals surface area contributed by atoms with Crippen LogP contribution in [0.25, 0.3) is 0 Å². The van der Waals surface area contributed by atoms with E-state index in [4.69, 9.17) is 12.2 Å². The zero-order chi connectivity index (χ0) is 7.45. The van der Waals surface area contributed by atoms with Crippen LogP contribution in [-0.2, 0) is 0 Å².